The maximum absolute atomic E-state index is 12.2. The van der Waals surface area contributed by atoms with Gasteiger partial charge in [0, 0.05) is 5.69 Å². The molecule has 1 unspecified atom stereocenters. The van der Waals surface area contributed by atoms with Crippen LogP contribution in [0.1, 0.15) is 22.1 Å². The van der Waals surface area contributed by atoms with Gasteiger partial charge < -0.3 is 5.32 Å². The van der Waals surface area contributed by atoms with Crippen molar-refractivity contribution in [3.8, 4) is 0 Å². The highest BCUT2D eigenvalue weighted by molar-refractivity contribution is 6.32. The lowest BCUT2D eigenvalue weighted by molar-refractivity contribution is -0.116. The molecule has 0 radical (unpaired) electrons. The van der Waals surface area contributed by atoms with Crippen LogP contribution in [0, 0.1) is 13.8 Å². The fraction of sp³-hybridized carbons (Fsp3) is 0.188. The van der Waals surface area contributed by atoms with Gasteiger partial charge in [-0.1, -0.05) is 48.5 Å². The number of halogens is 1. The second kappa shape index (κ2) is 5.89. The first kappa shape index (κ1) is 13.6. The quantitative estimate of drug-likeness (QED) is 0.834. The molecule has 2 nitrogen and oxygen atoms in total. The van der Waals surface area contributed by atoms with E-state index in [4.69, 9.17) is 11.6 Å². The molecule has 0 bridgehead atoms. The molecule has 0 aliphatic carbocycles. The molecule has 19 heavy (non-hydrogen) atoms. The molecule has 0 heterocycles. The van der Waals surface area contributed by atoms with Crippen molar-refractivity contribution < 1.29 is 4.79 Å². The Labute approximate surface area is 118 Å². The Kier molecular flexibility index (Phi) is 4.23. The maximum atomic E-state index is 12.2. The Balaban J connectivity index is 2.18. The number of amides is 1. The molecule has 0 aliphatic heterocycles. The highest BCUT2D eigenvalue weighted by Gasteiger charge is 2.18. The number of para-hydroxylation sites is 1. The third kappa shape index (κ3) is 3.15. The van der Waals surface area contributed by atoms with Crippen molar-refractivity contribution in [1.29, 1.82) is 0 Å². The number of carbonyl (C=O) groups excluding carboxylic acids is 1. The van der Waals surface area contributed by atoms with Gasteiger partial charge in [0.25, 0.3) is 0 Å². The molecule has 0 aliphatic rings. The fourth-order valence-electron chi connectivity index (χ4n) is 1.97. The summed E-state index contributed by atoms with van der Waals surface area (Å²) in [6, 6.07) is 15.2. The molecule has 0 saturated heterocycles. The highest BCUT2D eigenvalue weighted by Crippen LogP contribution is 2.25. The Morgan fingerprint density at radius 2 is 1.58 bits per heavy atom. The van der Waals surface area contributed by atoms with Gasteiger partial charge in [0.2, 0.25) is 5.91 Å². The topological polar surface area (TPSA) is 29.1 Å². The second-order valence-electron chi connectivity index (χ2n) is 4.53. The van der Waals surface area contributed by atoms with Gasteiger partial charge in [-0.25, -0.2) is 0 Å². The van der Waals surface area contributed by atoms with Crippen molar-refractivity contribution >= 4 is 23.2 Å². The fourth-order valence-corrected chi connectivity index (χ4v) is 2.17. The van der Waals surface area contributed by atoms with Crippen LogP contribution in [-0.4, -0.2) is 5.91 Å². The van der Waals surface area contributed by atoms with Gasteiger partial charge in [-0.15, -0.1) is 11.6 Å². The monoisotopic (exact) mass is 273 g/mol. The zero-order valence-corrected chi connectivity index (χ0v) is 11.7. The van der Waals surface area contributed by atoms with E-state index < -0.39 is 5.38 Å². The first-order valence-electron chi connectivity index (χ1n) is 6.15. The Morgan fingerprint density at radius 1 is 1.00 bits per heavy atom. The third-order valence-corrected chi connectivity index (χ3v) is 3.50. The average Bonchev–Trinajstić information content (AvgIpc) is 2.43. The molecule has 1 atom stereocenters. The number of hydrogen-bond acceptors (Lipinski definition) is 1. The Morgan fingerprint density at radius 3 is 2.16 bits per heavy atom. The first-order valence-corrected chi connectivity index (χ1v) is 6.59. The number of hydrogen-bond donors (Lipinski definition) is 1. The van der Waals surface area contributed by atoms with Crippen LogP contribution < -0.4 is 5.32 Å². The lowest BCUT2D eigenvalue weighted by atomic mass is 10.1. The molecular formula is C16H16ClNO. The van der Waals surface area contributed by atoms with E-state index in [-0.39, 0.29) is 5.91 Å². The Hall–Kier alpha value is -1.80. The van der Waals surface area contributed by atoms with Gasteiger partial charge in [-0.3, -0.25) is 4.79 Å². The number of aryl methyl sites for hydroxylation is 2. The molecule has 2 rings (SSSR count). The van der Waals surface area contributed by atoms with E-state index in [0.717, 1.165) is 22.4 Å². The van der Waals surface area contributed by atoms with Gasteiger partial charge in [0.1, 0.15) is 5.38 Å². The minimum Gasteiger partial charge on any atom is -0.324 e. The van der Waals surface area contributed by atoms with Crippen molar-refractivity contribution in [2.24, 2.45) is 0 Å². The van der Waals surface area contributed by atoms with Crippen molar-refractivity contribution in [1.82, 2.24) is 0 Å². The van der Waals surface area contributed by atoms with Gasteiger partial charge in [-0.2, -0.15) is 0 Å². The molecule has 1 amide bonds. The van der Waals surface area contributed by atoms with E-state index in [1.165, 1.54) is 0 Å². The van der Waals surface area contributed by atoms with Crippen molar-refractivity contribution in [2.75, 3.05) is 5.32 Å². The lowest BCUT2D eigenvalue weighted by Gasteiger charge is -2.14. The SMILES string of the molecule is Cc1cccc(C)c1NC(=O)C(Cl)c1ccccc1. The number of benzene rings is 2. The molecule has 2 aromatic rings. The van der Waals surface area contributed by atoms with Crippen LogP contribution >= 0.6 is 11.6 Å². The van der Waals surface area contributed by atoms with Crippen LogP contribution in [-0.2, 0) is 4.79 Å². The molecule has 98 valence electrons. The number of rotatable bonds is 3. The minimum absolute atomic E-state index is 0.203. The summed E-state index contributed by atoms with van der Waals surface area (Å²) in [5.41, 5.74) is 3.71. The summed E-state index contributed by atoms with van der Waals surface area (Å²) < 4.78 is 0. The molecule has 0 fully saturated rings. The largest absolute Gasteiger partial charge is 0.324 e. The van der Waals surface area contributed by atoms with E-state index in [2.05, 4.69) is 5.32 Å². The molecule has 0 aromatic heterocycles. The average molecular weight is 274 g/mol. The number of nitrogens with one attached hydrogen (secondary N) is 1. The van der Waals surface area contributed by atoms with E-state index in [0.29, 0.717) is 0 Å². The summed E-state index contributed by atoms with van der Waals surface area (Å²) in [7, 11) is 0. The summed E-state index contributed by atoms with van der Waals surface area (Å²) in [4.78, 5) is 12.2. The standard InChI is InChI=1S/C16H16ClNO/c1-11-7-6-8-12(2)15(11)18-16(19)14(17)13-9-4-3-5-10-13/h3-10,14H,1-2H3,(H,18,19). The number of anilines is 1. The van der Waals surface area contributed by atoms with Crippen LogP contribution in [0.2, 0.25) is 0 Å². The summed E-state index contributed by atoms with van der Waals surface area (Å²) >= 11 is 6.20. The molecule has 0 spiro atoms. The van der Waals surface area contributed by atoms with E-state index in [1.807, 2.05) is 62.4 Å². The summed E-state index contributed by atoms with van der Waals surface area (Å²) in [6.45, 7) is 3.93. The highest BCUT2D eigenvalue weighted by atomic mass is 35.5. The minimum atomic E-state index is -0.680. The van der Waals surface area contributed by atoms with Crippen LogP contribution in [0.25, 0.3) is 0 Å². The van der Waals surface area contributed by atoms with Gasteiger partial charge >= 0.3 is 0 Å². The zero-order valence-electron chi connectivity index (χ0n) is 11.0. The van der Waals surface area contributed by atoms with Crippen molar-refractivity contribution in [3.63, 3.8) is 0 Å². The normalized spacial score (nSPS) is 11.9. The molecular weight excluding hydrogens is 258 g/mol. The van der Waals surface area contributed by atoms with Gasteiger partial charge in [0.05, 0.1) is 0 Å². The predicted octanol–water partition coefficient (Wildman–Crippen LogP) is 4.22. The second-order valence-corrected chi connectivity index (χ2v) is 4.97. The van der Waals surface area contributed by atoms with Crippen LogP contribution in [0.4, 0.5) is 5.69 Å². The number of alkyl halides is 1. The summed E-state index contributed by atoms with van der Waals surface area (Å²) in [5, 5.41) is 2.23. The Bertz CT molecular complexity index is 560. The van der Waals surface area contributed by atoms with Crippen molar-refractivity contribution in [3.05, 3.63) is 65.2 Å². The molecule has 0 saturated carbocycles. The molecule has 1 N–H and O–H groups in total. The van der Waals surface area contributed by atoms with Gasteiger partial charge in [0.15, 0.2) is 0 Å². The van der Waals surface area contributed by atoms with E-state index in [1.54, 1.807) is 0 Å². The van der Waals surface area contributed by atoms with Crippen LogP contribution in [0.3, 0.4) is 0 Å². The van der Waals surface area contributed by atoms with E-state index in [9.17, 15) is 4.79 Å². The number of carbonyl (C=O) groups is 1. The zero-order chi connectivity index (χ0) is 13.8. The maximum Gasteiger partial charge on any atom is 0.246 e. The van der Waals surface area contributed by atoms with Crippen LogP contribution in [0.15, 0.2) is 48.5 Å². The predicted molar refractivity (Wildman–Crippen MR) is 79.6 cm³/mol. The molecule has 3 heteroatoms. The summed E-state index contributed by atoms with van der Waals surface area (Å²) in [5.74, 6) is -0.203. The van der Waals surface area contributed by atoms with E-state index >= 15 is 0 Å². The van der Waals surface area contributed by atoms with Crippen molar-refractivity contribution in [2.45, 2.75) is 19.2 Å². The van der Waals surface area contributed by atoms with Crippen LogP contribution in [0.5, 0.6) is 0 Å². The first-order chi connectivity index (χ1) is 9.09. The smallest absolute Gasteiger partial charge is 0.246 e. The lowest BCUT2D eigenvalue weighted by Crippen LogP contribution is -2.18. The third-order valence-electron chi connectivity index (χ3n) is 3.05. The van der Waals surface area contributed by atoms with Gasteiger partial charge in [-0.05, 0) is 30.5 Å². The molecule has 2 aromatic carbocycles. The summed E-state index contributed by atoms with van der Waals surface area (Å²) in [6.07, 6.45) is 0.